The molecular weight excluding hydrogens is 238 g/mol. The summed E-state index contributed by atoms with van der Waals surface area (Å²) in [5.41, 5.74) is 1.66. The van der Waals surface area contributed by atoms with Crippen LogP contribution in [0.3, 0.4) is 0 Å². The van der Waals surface area contributed by atoms with E-state index >= 15 is 0 Å². The molecule has 0 bridgehead atoms. The molecule has 1 fully saturated rings. The molecule has 1 aromatic heterocycles. The summed E-state index contributed by atoms with van der Waals surface area (Å²) >= 11 is 0. The van der Waals surface area contributed by atoms with E-state index < -0.39 is 0 Å². The molecule has 2 rings (SSSR count). The van der Waals surface area contributed by atoms with Crippen LogP contribution in [-0.4, -0.2) is 23.0 Å². The number of nitrogens with zero attached hydrogens (tertiary/aromatic N) is 1. The zero-order chi connectivity index (χ0) is 14.0. The third kappa shape index (κ3) is 3.46. The van der Waals surface area contributed by atoms with Crippen molar-refractivity contribution < 1.29 is 4.79 Å². The summed E-state index contributed by atoms with van der Waals surface area (Å²) in [5, 5.41) is 6.27. The van der Waals surface area contributed by atoms with Crippen LogP contribution < -0.4 is 10.6 Å². The third-order valence-electron chi connectivity index (χ3n) is 3.47. The molecule has 1 saturated carbocycles. The Labute approximate surface area is 115 Å². The van der Waals surface area contributed by atoms with Crippen LogP contribution in [0.2, 0.25) is 0 Å². The summed E-state index contributed by atoms with van der Waals surface area (Å²) in [6.07, 6.45) is 2.14. The van der Waals surface area contributed by atoms with Crippen molar-refractivity contribution in [2.75, 3.05) is 11.9 Å². The first-order chi connectivity index (χ1) is 8.93. The van der Waals surface area contributed by atoms with Crippen molar-refractivity contribution in [3.05, 3.63) is 23.4 Å². The van der Waals surface area contributed by atoms with Crippen molar-refractivity contribution in [1.29, 1.82) is 0 Å². The van der Waals surface area contributed by atoms with Gasteiger partial charge in [0, 0.05) is 23.3 Å². The van der Waals surface area contributed by atoms with Crippen molar-refractivity contribution in [2.24, 2.45) is 0 Å². The van der Waals surface area contributed by atoms with Crippen molar-refractivity contribution in [3.63, 3.8) is 0 Å². The summed E-state index contributed by atoms with van der Waals surface area (Å²) in [7, 11) is 0. The van der Waals surface area contributed by atoms with E-state index in [0.29, 0.717) is 11.5 Å². The van der Waals surface area contributed by atoms with Crippen LogP contribution in [0.15, 0.2) is 12.1 Å². The van der Waals surface area contributed by atoms with Crippen LogP contribution in [-0.2, 0) is 0 Å². The minimum absolute atomic E-state index is 0.00320. The van der Waals surface area contributed by atoms with Crippen LogP contribution in [0.4, 0.5) is 5.82 Å². The average Bonchev–Trinajstić information content (AvgIpc) is 3.06. The predicted molar refractivity (Wildman–Crippen MR) is 77.6 cm³/mol. The number of rotatable bonds is 5. The Bertz CT molecular complexity index is 478. The molecule has 104 valence electrons. The van der Waals surface area contributed by atoms with Gasteiger partial charge in [0.1, 0.15) is 5.82 Å². The molecule has 4 nitrogen and oxygen atoms in total. The maximum atomic E-state index is 12.3. The predicted octanol–water partition coefficient (Wildman–Crippen LogP) is 2.92. The number of hydrogen-bond acceptors (Lipinski definition) is 3. The average molecular weight is 261 g/mol. The van der Waals surface area contributed by atoms with Crippen LogP contribution in [0.25, 0.3) is 0 Å². The fourth-order valence-electron chi connectivity index (χ4n) is 1.91. The van der Waals surface area contributed by atoms with E-state index in [4.69, 9.17) is 0 Å². The lowest BCUT2D eigenvalue weighted by Gasteiger charge is -2.14. The van der Waals surface area contributed by atoms with Crippen LogP contribution in [0.1, 0.15) is 62.5 Å². The highest BCUT2D eigenvalue weighted by Gasteiger charge is 2.38. The number of amides is 1. The molecule has 2 N–H and O–H groups in total. The summed E-state index contributed by atoms with van der Waals surface area (Å²) in [6.45, 7) is 9.08. The van der Waals surface area contributed by atoms with Gasteiger partial charge in [-0.25, -0.2) is 4.98 Å². The van der Waals surface area contributed by atoms with E-state index in [9.17, 15) is 4.79 Å². The lowest BCUT2D eigenvalue weighted by Crippen LogP contribution is -2.34. The molecular formula is C15H23N3O. The number of nitrogens with one attached hydrogen (secondary N) is 2. The standard InChI is InChI=1S/C15H23N3O/c1-5-16-13-9-11(8-12(17-13)10(2)3)14(19)18-15(4)6-7-15/h8-10H,5-7H2,1-4H3,(H,16,17)(H,18,19). The number of aromatic nitrogens is 1. The smallest absolute Gasteiger partial charge is 0.251 e. The minimum Gasteiger partial charge on any atom is -0.370 e. The van der Waals surface area contributed by atoms with Crippen molar-refractivity contribution in [2.45, 2.75) is 52.0 Å². The monoisotopic (exact) mass is 261 g/mol. The van der Waals surface area contributed by atoms with Gasteiger partial charge in [-0.15, -0.1) is 0 Å². The van der Waals surface area contributed by atoms with Gasteiger partial charge in [0.05, 0.1) is 0 Å². The zero-order valence-corrected chi connectivity index (χ0v) is 12.2. The highest BCUT2D eigenvalue weighted by Crippen LogP contribution is 2.34. The molecule has 0 aliphatic heterocycles. The molecule has 0 unspecified atom stereocenters. The molecule has 0 radical (unpaired) electrons. The Balaban J connectivity index is 2.24. The van der Waals surface area contributed by atoms with Gasteiger partial charge in [-0.2, -0.15) is 0 Å². The Morgan fingerprint density at radius 3 is 2.63 bits per heavy atom. The maximum absolute atomic E-state index is 12.3. The van der Waals surface area contributed by atoms with Crippen LogP contribution in [0, 0.1) is 0 Å². The van der Waals surface area contributed by atoms with Gasteiger partial charge in [0.15, 0.2) is 0 Å². The van der Waals surface area contributed by atoms with Crippen molar-refractivity contribution in [1.82, 2.24) is 10.3 Å². The van der Waals surface area contributed by atoms with Gasteiger partial charge in [0.2, 0.25) is 0 Å². The summed E-state index contributed by atoms with van der Waals surface area (Å²) in [5.74, 6) is 1.09. The highest BCUT2D eigenvalue weighted by molar-refractivity contribution is 5.95. The topological polar surface area (TPSA) is 54.0 Å². The minimum atomic E-state index is 0.00320. The Morgan fingerprint density at radius 2 is 2.11 bits per heavy atom. The first-order valence-electron chi connectivity index (χ1n) is 7.02. The second kappa shape index (κ2) is 5.19. The van der Waals surface area contributed by atoms with E-state index in [1.807, 2.05) is 19.1 Å². The molecule has 1 amide bonds. The SMILES string of the molecule is CCNc1cc(C(=O)NC2(C)CC2)cc(C(C)C)n1. The Hall–Kier alpha value is -1.58. The second-order valence-corrected chi connectivity index (χ2v) is 5.87. The van der Waals surface area contributed by atoms with Gasteiger partial charge >= 0.3 is 0 Å². The summed E-state index contributed by atoms with van der Waals surface area (Å²) < 4.78 is 0. The van der Waals surface area contributed by atoms with Gasteiger partial charge in [-0.1, -0.05) is 13.8 Å². The fraction of sp³-hybridized carbons (Fsp3) is 0.600. The second-order valence-electron chi connectivity index (χ2n) is 5.87. The number of pyridine rings is 1. The molecule has 1 aliphatic rings. The van der Waals surface area contributed by atoms with Gasteiger partial charge in [0.25, 0.3) is 5.91 Å². The lowest BCUT2D eigenvalue weighted by atomic mass is 10.1. The molecule has 0 saturated heterocycles. The first-order valence-corrected chi connectivity index (χ1v) is 7.02. The maximum Gasteiger partial charge on any atom is 0.251 e. The number of carbonyl (C=O) groups is 1. The molecule has 1 aliphatic carbocycles. The highest BCUT2D eigenvalue weighted by atomic mass is 16.1. The van der Waals surface area contributed by atoms with Gasteiger partial charge in [-0.05, 0) is 44.7 Å². The number of anilines is 1. The van der Waals surface area contributed by atoms with Gasteiger partial charge < -0.3 is 10.6 Å². The van der Waals surface area contributed by atoms with Crippen LogP contribution >= 0.6 is 0 Å². The fourth-order valence-corrected chi connectivity index (χ4v) is 1.91. The number of carbonyl (C=O) groups excluding carboxylic acids is 1. The Kier molecular flexibility index (Phi) is 3.78. The molecule has 1 heterocycles. The largest absolute Gasteiger partial charge is 0.370 e. The summed E-state index contributed by atoms with van der Waals surface area (Å²) in [6, 6.07) is 3.73. The van der Waals surface area contributed by atoms with E-state index in [0.717, 1.165) is 30.9 Å². The van der Waals surface area contributed by atoms with E-state index in [2.05, 4.69) is 36.4 Å². The summed E-state index contributed by atoms with van der Waals surface area (Å²) in [4.78, 5) is 16.8. The third-order valence-corrected chi connectivity index (χ3v) is 3.47. The first kappa shape index (κ1) is 13.8. The Morgan fingerprint density at radius 1 is 1.42 bits per heavy atom. The lowest BCUT2D eigenvalue weighted by molar-refractivity contribution is 0.0935. The van der Waals surface area contributed by atoms with E-state index in [1.165, 1.54) is 0 Å². The van der Waals surface area contributed by atoms with Crippen molar-refractivity contribution >= 4 is 11.7 Å². The van der Waals surface area contributed by atoms with E-state index in [-0.39, 0.29) is 11.4 Å². The van der Waals surface area contributed by atoms with Crippen LogP contribution in [0.5, 0.6) is 0 Å². The molecule has 0 atom stereocenters. The molecule has 0 spiro atoms. The molecule has 4 heteroatoms. The normalized spacial score (nSPS) is 16.3. The molecule has 0 aromatic carbocycles. The zero-order valence-electron chi connectivity index (χ0n) is 12.2. The number of hydrogen-bond donors (Lipinski definition) is 2. The van der Waals surface area contributed by atoms with Gasteiger partial charge in [-0.3, -0.25) is 4.79 Å². The van der Waals surface area contributed by atoms with Crippen molar-refractivity contribution in [3.8, 4) is 0 Å². The quantitative estimate of drug-likeness (QED) is 0.857. The molecule has 1 aromatic rings. The van der Waals surface area contributed by atoms with E-state index in [1.54, 1.807) is 0 Å². The molecule has 19 heavy (non-hydrogen) atoms.